The van der Waals surface area contributed by atoms with Gasteiger partial charge in [-0.25, -0.2) is 4.98 Å². The molecule has 1 aromatic heterocycles. The molecular weight excluding hydrogens is 267 g/mol. The van der Waals surface area contributed by atoms with E-state index < -0.39 is 11.9 Å². The maximum atomic E-state index is 12.2. The Balaban J connectivity index is 2.32. The summed E-state index contributed by atoms with van der Waals surface area (Å²) in [6, 6.07) is 0. The van der Waals surface area contributed by atoms with Gasteiger partial charge < -0.3 is 10.6 Å². The maximum absolute atomic E-state index is 12.2. The molecule has 4 nitrogen and oxygen atoms in total. The van der Waals surface area contributed by atoms with E-state index in [4.69, 9.17) is 0 Å². The summed E-state index contributed by atoms with van der Waals surface area (Å²) in [6.07, 6.45) is -4.41. The third-order valence-electron chi connectivity index (χ3n) is 2.02. The standard InChI is InChI=1S/C10H14F3N3OS/c1-6(2)8(17)14-3-4-15-9-16-7(5-18-9)10(11,12)13/h5-6H,3-4H2,1-2H3,(H,14,17)(H,15,16). The van der Waals surface area contributed by atoms with Crippen molar-refractivity contribution < 1.29 is 18.0 Å². The molecule has 102 valence electrons. The van der Waals surface area contributed by atoms with Gasteiger partial charge in [0.2, 0.25) is 5.91 Å². The van der Waals surface area contributed by atoms with Crippen LogP contribution in [0.25, 0.3) is 0 Å². The molecule has 2 N–H and O–H groups in total. The van der Waals surface area contributed by atoms with Gasteiger partial charge in [-0.05, 0) is 0 Å². The second-order valence-corrected chi connectivity index (χ2v) is 4.77. The van der Waals surface area contributed by atoms with Gasteiger partial charge in [-0.3, -0.25) is 4.79 Å². The van der Waals surface area contributed by atoms with Crippen LogP contribution in [0.5, 0.6) is 0 Å². The summed E-state index contributed by atoms with van der Waals surface area (Å²) in [5, 5.41) is 6.52. The number of hydrogen-bond donors (Lipinski definition) is 2. The Kier molecular flexibility index (Phi) is 4.94. The molecule has 0 aliphatic rings. The van der Waals surface area contributed by atoms with Crippen LogP contribution < -0.4 is 10.6 Å². The van der Waals surface area contributed by atoms with Crippen LogP contribution in [0.2, 0.25) is 0 Å². The minimum Gasteiger partial charge on any atom is -0.360 e. The highest BCUT2D eigenvalue weighted by atomic mass is 32.1. The van der Waals surface area contributed by atoms with Gasteiger partial charge in [-0.2, -0.15) is 13.2 Å². The van der Waals surface area contributed by atoms with E-state index in [0.717, 1.165) is 16.7 Å². The zero-order valence-corrected chi connectivity index (χ0v) is 10.8. The number of anilines is 1. The molecule has 0 atom stereocenters. The molecule has 1 rings (SSSR count). The van der Waals surface area contributed by atoms with Gasteiger partial charge in [0.05, 0.1) is 0 Å². The number of hydrogen-bond acceptors (Lipinski definition) is 4. The Morgan fingerprint density at radius 1 is 1.44 bits per heavy atom. The Hall–Kier alpha value is -1.31. The number of thiazole rings is 1. The summed E-state index contributed by atoms with van der Waals surface area (Å²) < 4.78 is 36.7. The minimum atomic E-state index is -4.41. The molecule has 0 fully saturated rings. The van der Waals surface area contributed by atoms with E-state index >= 15 is 0 Å². The fourth-order valence-electron chi connectivity index (χ4n) is 1.04. The molecule has 0 unspecified atom stereocenters. The number of aromatic nitrogens is 1. The first kappa shape index (κ1) is 14.7. The number of amides is 1. The summed E-state index contributed by atoms with van der Waals surface area (Å²) in [7, 11) is 0. The zero-order chi connectivity index (χ0) is 13.8. The third kappa shape index (κ3) is 4.52. The van der Waals surface area contributed by atoms with Crippen LogP contribution in [-0.2, 0) is 11.0 Å². The number of rotatable bonds is 5. The van der Waals surface area contributed by atoms with Gasteiger partial charge in [-0.15, -0.1) is 11.3 Å². The fraction of sp³-hybridized carbons (Fsp3) is 0.600. The SMILES string of the molecule is CC(C)C(=O)NCCNc1nc(C(F)(F)F)cs1. The van der Waals surface area contributed by atoms with Gasteiger partial charge >= 0.3 is 6.18 Å². The third-order valence-corrected chi connectivity index (χ3v) is 2.82. The summed E-state index contributed by atoms with van der Waals surface area (Å²) in [6.45, 7) is 4.21. The van der Waals surface area contributed by atoms with Gasteiger partial charge in [0.15, 0.2) is 10.8 Å². The lowest BCUT2D eigenvalue weighted by Gasteiger charge is -2.07. The Morgan fingerprint density at radius 2 is 2.11 bits per heavy atom. The van der Waals surface area contributed by atoms with Crippen molar-refractivity contribution in [2.75, 3.05) is 18.4 Å². The second kappa shape index (κ2) is 6.03. The van der Waals surface area contributed by atoms with Crippen molar-refractivity contribution in [3.05, 3.63) is 11.1 Å². The van der Waals surface area contributed by atoms with E-state index in [1.165, 1.54) is 0 Å². The highest BCUT2D eigenvalue weighted by molar-refractivity contribution is 7.13. The molecule has 0 bridgehead atoms. The molecule has 0 aliphatic carbocycles. The highest BCUT2D eigenvalue weighted by Crippen LogP contribution is 2.31. The molecule has 0 saturated heterocycles. The zero-order valence-electron chi connectivity index (χ0n) is 9.97. The van der Waals surface area contributed by atoms with Crippen molar-refractivity contribution in [3.8, 4) is 0 Å². The molecule has 1 aromatic rings. The molecular formula is C10H14F3N3OS. The summed E-state index contributed by atoms with van der Waals surface area (Å²) in [5.74, 6) is -0.200. The lowest BCUT2D eigenvalue weighted by atomic mass is 10.2. The van der Waals surface area contributed by atoms with Crippen LogP contribution in [0, 0.1) is 5.92 Å². The lowest BCUT2D eigenvalue weighted by Crippen LogP contribution is -2.31. The molecule has 0 aromatic carbocycles. The van der Waals surface area contributed by atoms with E-state index in [2.05, 4.69) is 15.6 Å². The smallest absolute Gasteiger partial charge is 0.360 e. The van der Waals surface area contributed by atoms with Crippen molar-refractivity contribution in [1.82, 2.24) is 10.3 Å². The predicted molar refractivity (Wildman–Crippen MR) is 63.5 cm³/mol. The average Bonchev–Trinajstić information content (AvgIpc) is 2.72. The first-order chi connectivity index (χ1) is 8.30. The van der Waals surface area contributed by atoms with Crippen LogP contribution in [0.3, 0.4) is 0 Å². The van der Waals surface area contributed by atoms with E-state index in [1.807, 2.05) is 0 Å². The van der Waals surface area contributed by atoms with Crippen LogP contribution in [0.4, 0.5) is 18.3 Å². The van der Waals surface area contributed by atoms with Gasteiger partial charge in [0.1, 0.15) is 0 Å². The van der Waals surface area contributed by atoms with Crippen LogP contribution in [0.1, 0.15) is 19.5 Å². The molecule has 0 spiro atoms. The molecule has 0 aliphatic heterocycles. The van der Waals surface area contributed by atoms with Crippen molar-refractivity contribution in [3.63, 3.8) is 0 Å². The average molecular weight is 281 g/mol. The monoisotopic (exact) mass is 281 g/mol. The summed E-state index contributed by atoms with van der Waals surface area (Å²) in [4.78, 5) is 14.6. The number of nitrogens with one attached hydrogen (secondary N) is 2. The molecule has 1 amide bonds. The quantitative estimate of drug-likeness (QED) is 0.815. The van der Waals surface area contributed by atoms with Gasteiger partial charge in [0.25, 0.3) is 0 Å². The number of nitrogens with zero attached hydrogens (tertiary/aromatic N) is 1. The topological polar surface area (TPSA) is 54.0 Å². The molecule has 0 saturated carbocycles. The van der Waals surface area contributed by atoms with Crippen LogP contribution >= 0.6 is 11.3 Å². The minimum absolute atomic E-state index is 0.0908. The summed E-state index contributed by atoms with van der Waals surface area (Å²) >= 11 is 0.887. The predicted octanol–water partition coefficient (Wildman–Crippen LogP) is 2.35. The second-order valence-electron chi connectivity index (χ2n) is 3.91. The van der Waals surface area contributed by atoms with E-state index in [9.17, 15) is 18.0 Å². The van der Waals surface area contributed by atoms with Crippen LogP contribution in [0.15, 0.2) is 5.38 Å². The van der Waals surface area contributed by atoms with Gasteiger partial charge in [-0.1, -0.05) is 13.8 Å². The van der Waals surface area contributed by atoms with Gasteiger partial charge in [0, 0.05) is 24.4 Å². The van der Waals surface area contributed by atoms with E-state index in [0.29, 0.717) is 13.1 Å². The number of carbonyl (C=O) groups excluding carboxylic acids is 1. The fourth-order valence-corrected chi connectivity index (χ4v) is 1.79. The van der Waals surface area contributed by atoms with E-state index in [-0.39, 0.29) is 17.0 Å². The Morgan fingerprint density at radius 3 is 2.61 bits per heavy atom. The van der Waals surface area contributed by atoms with Crippen LogP contribution in [-0.4, -0.2) is 24.0 Å². The largest absolute Gasteiger partial charge is 0.434 e. The first-order valence-corrected chi connectivity index (χ1v) is 6.23. The molecule has 18 heavy (non-hydrogen) atoms. The normalized spacial score (nSPS) is 11.7. The lowest BCUT2D eigenvalue weighted by molar-refractivity contribution is -0.140. The number of alkyl halides is 3. The van der Waals surface area contributed by atoms with Crippen molar-refractivity contribution in [1.29, 1.82) is 0 Å². The highest BCUT2D eigenvalue weighted by Gasteiger charge is 2.33. The maximum Gasteiger partial charge on any atom is 0.434 e. The van der Waals surface area contributed by atoms with Crippen molar-refractivity contribution in [2.45, 2.75) is 20.0 Å². The number of halogens is 3. The number of carbonyl (C=O) groups is 1. The molecule has 1 heterocycles. The Bertz CT molecular complexity index is 403. The molecule has 8 heteroatoms. The van der Waals surface area contributed by atoms with Crippen molar-refractivity contribution in [2.24, 2.45) is 5.92 Å². The van der Waals surface area contributed by atoms with Crippen molar-refractivity contribution >= 4 is 22.4 Å². The Labute approximate surface area is 107 Å². The summed E-state index contributed by atoms with van der Waals surface area (Å²) in [5.41, 5.74) is -0.902. The first-order valence-electron chi connectivity index (χ1n) is 5.35. The molecule has 0 radical (unpaired) electrons. The van der Waals surface area contributed by atoms with E-state index in [1.54, 1.807) is 13.8 Å².